The van der Waals surface area contributed by atoms with E-state index >= 15 is 0 Å². The molecule has 1 aromatic carbocycles. The molecule has 3 heteroatoms. The average molecular weight is 311 g/mol. The van der Waals surface area contributed by atoms with Crippen LogP contribution >= 0.6 is 15.9 Å². The Hall–Kier alpha value is -0.380. The molecule has 2 N–H and O–H groups in total. The number of hydrogen-bond acceptors (Lipinski definition) is 2. The summed E-state index contributed by atoms with van der Waals surface area (Å²) in [6.45, 7) is 9.09. The second kappa shape index (κ2) is 6.18. The summed E-state index contributed by atoms with van der Waals surface area (Å²) in [6.07, 6.45) is 1.31. The van der Waals surface area contributed by atoms with Crippen LogP contribution in [0.3, 0.4) is 0 Å². The summed E-state index contributed by atoms with van der Waals surface area (Å²) in [5, 5.41) is 7.05. The first-order valence-corrected chi connectivity index (χ1v) is 7.55. The molecule has 2 rings (SSSR count). The minimum Gasteiger partial charge on any atom is -0.316 e. The van der Waals surface area contributed by atoms with Gasteiger partial charge in [-0.25, -0.2) is 0 Å². The molecular weight excluding hydrogens is 288 g/mol. The van der Waals surface area contributed by atoms with Crippen LogP contribution in [0.1, 0.15) is 25.8 Å². The minimum absolute atomic E-state index is 0.159. The largest absolute Gasteiger partial charge is 0.316 e. The third-order valence-corrected chi connectivity index (χ3v) is 4.46. The highest BCUT2D eigenvalue weighted by Crippen LogP contribution is 2.29. The second-order valence-electron chi connectivity index (χ2n) is 5.85. The smallest absolute Gasteiger partial charge is 0.0213 e. The predicted molar refractivity (Wildman–Crippen MR) is 81.0 cm³/mol. The van der Waals surface area contributed by atoms with E-state index < -0.39 is 0 Å². The number of benzene rings is 1. The third kappa shape index (κ3) is 3.56. The molecule has 1 fully saturated rings. The SMILES string of the molecule is CC(C)(CNCC1CCNC1)c1ccccc1Br. The van der Waals surface area contributed by atoms with Crippen molar-refractivity contribution >= 4 is 15.9 Å². The van der Waals surface area contributed by atoms with Crippen LogP contribution in [-0.2, 0) is 5.41 Å². The van der Waals surface area contributed by atoms with Gasteiger partial charge in [-0.2, -0.15) is 0 Å². The standard InChI is InChI=1S/C15H23BrN2/c1-15(2,13-5-3-4-6-14(13)16)11-18-10-12-7-8-17-9-12/h3-6,12,17-18H,7-11H2,1-2H3. The van der Waals surface area contributed by atoms with Crippen molar-refractivity contribution in [2.75, 3.05) is 26.2 Å². The molecule has 0 radical (unpaired) electrons. The van der Waals surface area contributed by atoms with Crippen molar-refractivity contribution in [1.29, 1.82) is 0 Å². The second-order valence-corrected chi connectivity index (χ2v) is 6.71. The molecule has 0 amide bonds. The molecule has 1 aliphatic heterocycles. The summed E-state index contributed by atoms with van der Waals surface area (Å²) in [7, 11) is 0. The Morgan fingerprint density at radius 1 is 1.39 bits per heavy atom. The molecule has 1 heterocycles. The fraction of sp³-hybridized carbons (Fsp3) is 0.600. The molecule has 0 spiro atoms. The van der Waals surface area contributed by atoms with Crippen LogP contribution < -0.4 is 10.6 Å². The molecule has 0 aliphatic carbocycles. The van der Waals surface area contributed by atoms with E-state index in [4.69, 9.17) is 0 Å². The summed E-state index contributed by atoms with van der Waals surface area (Å²) in [6, 6.07) is 8.52. The molecule has 2 nitrogen and oxygen atoms in total. The fourth-order valence-electron chi connectivity index (χ4n) is 2.58. The lowest BCUT2D eigenvalue weighted by molar-refractivity contribution is 0.430. The van der Waals surface area contributed by atoms with E-state index in [0.29, 0.717) is 0 Å². The number of nitrogens with one attached hydrogen (secondary N) is 2. The van der Waals surface area contributed by atoms with Gasteiger partial charge in [0.05, 0.1) is 0 Å². The molecule has 1 saturated heterocycles. The lowest BCUT2D eigenvalue weighted by Crippen LogP contribution is -2.36. The molecule has 0 saturated carbocycles. The lowest BCUT2D eigenvalue weighted by atomic mass is 9.84. The van der Waals surface area contributed by atoms with Crippen molar-refractivity contribution < 1.29 is 0 Å². The van der Waals surface area contributed by atoms with Crippen molar-refractivity contribution in [2.24, 2.45) is 5.92 Å². The molecule has 1 atom stereocenters. The van der Waals surface area contributed by atoms with Gasteiger partial charge in [-0.15, -0.1) is 0 Å². The van der Waals surface area contributed by atoms with Gasteiger partial charge in [0.25, 0.3) is 0 Å². The average Bonchev–Trinajstić information content (AvgIpc) is 2.82. The van der Waals surface area contributed by atoms with E-state index in [1.165, 1.54) is 29.5 Å². The molecular formula is C15H23BrN2. The van der Waals surface area contributed by atoms with Crippen molar-refractivity contribution in [3.63, 3.8) is 0 Å². The van der Waals surface area contributed by atoms with Crippen LogP contribution in [0.25, 0.3) is 0 Å². The third-order valence-electron chi connectivity index (χ3n) is 3.77. The van der Waals surface area contributed by atoms with Crippen LogP contribution in [0.5, 0.6) is 0 Å². The molecule has 1 aromatic rings. The van der Waals surface area contributed by atoms with Gasteiger partial charge >= 0.3 is 0 Å². The van der Waals surface area contributed by atoms with E-state index in [2.05, 4.69) is 64.7 Å². The first-order valence-electron chi connectivity index (χ1n) is 6.76. The lowest BCUT2D eigenvalue weighted by Gasteiger charge is -2.27. The summed E-state index contributed by atoms with van der Waals surface area (Å²) in [5.41, 5.74) is 1.54. The summed E-state index contributed by atoms with van der Waals surface area (Å²) >= 11 is 3.65. The fourth-order valence-corrected chi connectivity index (χ4v) is 3.40. The van der Waals surface area contributed by atoms with E-state index in [1.54, 1.807) is 0 Å². The predicted octanol–water partition coefficient (Wildman–Crippen LogP) is 2.93. The molecule has 1 aliphatic rings. The van der Waals surface area contributed by atoms with Crippen molar-refractivity contribution in [1.82, 2.24) is 10.6 Å². The number of rotatable bonds is 5. The van der Waals surface area contributed by atoms with E-state index in [0.717, 1.165) is 19.0 Å². The van der Waals surface area contributed by atoms with Gasteiger partial charge in [0.15, 0.2) is 0 Å². The van der Waals surface area contributed by atoms with E-state index in [1.807, 2.05) is 0 Å². The van der Waals surface area contributed by atoms with Crippen molar-refractivity contribution in [3.8, 4) is 0 Å². The van der Waals surface area contributed by atoms with Crippen LogP contribution in [0.15, 0.2) is 28.7 Å². The highest BCUT2D eigenvalue weighted by molar-refractivity contribution is 9.10. The Bertz CT molecular complexity index is 384. The van der Waals surface area contributed by atoms with Crippen LogP contribution in [0, 0.1) is 5.92 Å². The van der Waals surface area contributed by atoms with E-state index in [-0.39, 0.29) is 5.41 Å². The summed E-state index contributed by atoms with van der Waals surface area (Å²) < 4.78 is 1.21. The van der Waals surface area contributed by atoms with E-state index in [9.17, 15) is 0 Å². The first kappa shape index (κ1) is 14.0. The van der Waals surface area contributed by atoms with Crippen molar-refractivity contribution in [3.05, 3.63) is 34.3 Å². The Morgan fingerprint density at radius 3 is 2.83 bits per heavy atom. The first-order chi connectivity index (χ1) is 8.59. The molecule has 1 unspecified atom stereocenters. The van der Waals surface area contributed by atoms with Gasteiger partial charge in [-0.3, -0.25) is 0 Å². The monoisotopic (exact) mass is 310 g/mol. The van der Waals surface area contributed by atoms with Gasteiger partial charge in [0, 0.05) is 16.4 Å². The Balaban J connectivity index is 1.88. The highest BCUT2D eigenvalue weighted by atomic mass is 79.9. The van der Waals surface area contributed by atoms with Crippen LogP contribution in [0.4, 0.5) is 0 Å². The van der Waals surface area contributed by atoms with Gasteiger partial charge in [0.2, 0.25) is 0 Å². The Morgan fingerprint density at radius 2 is 2.17 bits per heavy atom. The number of hydrogen-bond donors (Lipinski definition) is 2. The van der Waals surface area contributed by atoms with Gasteiger partial charge in [0.1, 0.15) is 0 Å². The molecule has 0 aromatic heterocycles. The van der Waals surface area contributed by atoms with Crippen LogP contribution in [-0.4, -0.2) is 26.2 Å². The molecule has 100 valence electrons. The minimum atomic E-state index is 0.159. The zero-order chi connectivity index (χ0) is 13.0. The zero-order valence-electron chi connectivity index (χ0n) is 11.3. The normalized spacial score (nSPS) is 20.3. The Labute approximate surface area is 119 Å². The zero-order valence-corrected chi connectivity index (χ0v) is 12.9. The topological polar surface area (TPSA) is 24.1 Å². The maximum atomic E-state index is 3.65. The Kier molecular flexibility index (Phi) is 4.82. The summed E-state index contributed by atoms with van der Waals surface area (Å²) in [5.74, 6) is 0.806. The van der Waals surface area contributed by atoms with Crippen molar-refractivity contribution in [2.45, 2.75) is 25.7 Å². The molecule has 18 heavy (non-hydrogen) atoms. The molecule has 0 bridgehead atoms. The van der Waals surface area contributed by atoms with Crippen LogP contribution in [0.2, 0.25) is 0 Å². The summed E-state index contributed by atoms with van der Waals surface area (Å²) in [4.78, 5) is 0. The number of halogens is 1. The van der Waals surface area contributed by atoms with Gasteiger partial charge in [-0.05, 0) is 43.6 Å². The van der Waals surface area contributed by atoms with Gasteiger partial charge in [-0.1, -0.05) is 48.0 Å². The maximum absolute atomic E-state index is 3.65. The quantitative estimate of drug-likeness (QED) is 0.874. The maximum Gasteiger partial charge on any atom is 0.0213 e. The highest BCUT2D eigenvalue weighted by Gasteiger charge is 2.23. The van der Waals surface area contributed by atoms with Gasteiger partial charge < -0.3 is 10.6 Å².